The summed E-state index contributed by atoms with van der Waals surface area (Å²) in [6.07, 6.45) is 4.06. The van der Waals surface area contributed by atoms with Crippen LogP contribution < -0.4 is 5.32 Å². The Morgan fingerprint density at radius 2 is 2.00 bits per heavy atom. The first-order valence-corrected chi connectivity index (χ1v) is 7.93. The van der Waals surface area contributed by atoms with E-state index in [9.17, 15) is 4.79 Å². The molecule has 0 saturated carbocycles. The highest BCUT2D eigenvalue weighted by Crippen LogP contribution is 2.25. The van der Waals surface area contributed by atoms with Crippen LogP contribution in [0.4, 0.5) is 0 Å². The van der Waals surface area contributed by atoms with Crippen molar-refractivity contribution >= 4 is 17.5 Å². The van der Waals surface area contributed by atoms with E-state index in [2.05, 4.69) is 10.2 Å². The molecule has 0 spiro atoms. The third kappa shape index (κ3) is 3.34. The van der Waals surface area contributed by atoms with Crippen LogP contribution in [0.1, 0.15) is 35.0 Å². The number of nitrogens with zero attached hydrogens (tertiary/aromatic N) is 1. The van der Waals surface area contributed by atoms with Crippen LogP contribution in [0.3, 0.4) is 0 Å². The van der Waals surface area contributed by atoms with E-state index in [4.69, 9.17) is 16.0 Å². The number of hydrogen-bond donors (Lipinski definition) is 1. The number of hydrogen-bond acceptors (Lipinski definition) is 3. The second-order valence-electron chi connectivity index (χ2n) is 5.46. The van der Waals surface area contributed by atoms with Gasteiger partial charge in [-0.3, -0.25) is 9.69 Å². The Morgan fingerprint density at radius 1 is 1.23 bits per heavy atom. The summed E-state index contributed by atoms with van der Waals surface area (Å²) in [7, 11) is 0. The fraction of sp³-hybridized carbons (Fsp3) is 0.353. The third-order valence-electron chi connectivity index (χ3n) is 4.03. The van der Waals surface area contributed by atoms with Crippen molar-refractivity contribution in [1.29, 1.82) is 0 Å². The lowest BCUT2D eigenvalue weighted by Gasteiger charge is -2.26. The first-order chi connectivity index (χ1) is 10.8. The van der Waals surface area contributed by atoms with Gasteiger partial charge in [0.1, 0.15) is 5.76 Å². The van der Waals surface area contributed by atoms with Gasteiger partial charge < -0.3 is 9.73 Å². The minimum absolute atomic E-state index is 0.0731. The molecule has 2 aromatic rings. The van der Waals surface area contributed by atoms with Crippen molar-refractivity contribution in [3.8, 4) is 0 Å². The van der Waals surface area contributed by atoms with Crippen LogP contribution in [-0.4, -0.2) is 30.4 Å². The van der Waals surface area contributed by atoms with Crippen molar-refractivity contribution in [2.24, 2.45) is 0 Å². The zero-order valence-corrected chi connectivity index (χ0v) is 13.1. The van der Waals surface area contributed by atoms with Crippen LogP contribution in [0.15, 0.2) is 47.1 Å². The number of furan rings is 1. The molecule has 1 amide bonds. The Morgan fingerprint density at radius 3 is 2.68 bits per heavy atom. The van der Waals surface area contributed by atoms with E-state index in [0.29, 0.717) is 17.1 Å². The fourth-order valence-electron chi connectivity index (χ4n) is 2.87. The highest BCUT2D eigenvalue weighted by molar-refractivity contribution is 6.33. The molecule has 3 rings (SSSR count). The van der Waals surface area contributed by atoms with Gasteiger partial charge >= 0.3 is 0 Å². The molecule has 2 heterocycles. The molecule has 1 aliphatic heterocycles. The Labute approximate surface area is 135 Å². The van der Waals surface area contributed by atoms with Gasteiger partial charge in [-0.25, -0.2) is 0 Å². The average molecular weight is 319 g/mol. The largest absolute Gasteiger partial charge is 0.468 e. The molecule has 1 atom stereocenters. The van der Waals surface area contributed by atoms with Crippen molar-refractivity contribution in [3.05, 3.63) is 59.0 Å². The van der Waals surface area contributed by atoms with Gasteiger partial charge in [-0.05, 0) is 50.2 Å². The summed E-state index contributed by atoms with van der Waals surface area (Å²) in [4.78, 5) is 14.7. The highest BCUT2D eigenvalue weighted by atomic mass is 35.5. The minimum Gasteiger partial charge on any atom is -0.468 e. The molecule has 1 aromatic carbocycles. The molecule has 0 radical (unpaired) electrons. The highest BCUT2D eigenvalue weighted by Gasteiger charge is 2.26. The predicted octanol–water partition coefficient (Wildman–Crippen LogP) is 3.50. The molecule has 0 bridgehead atoms. The maximum atomic E-state index is 12.3. The predicted molar refractivity (Wildman–Crippen MR) is 86.0 cm³/mol. The summed E-state index contributed by atoms with van der Waals surface area (Å²) in [5.41, 5.74) is 0.504. The van der Waals surface area contributed by atoms with Gasteiger partial charge in [-0.15, -0.1) is 0 Å². The second kappa shape index (κ2) is 6.99. The molecule has 5 heteroatoms. The molecule has 22 heavy (non-hydrogen) atoms. The first-order valence-electron chi connectivity index (χ1n) is 7.56. The monoisotopic (exact) mass is 318 g/mol. The number of halogens is 1. The number of benzene rings is 1. The standard InChI is InChI=1S/C17H19ClN2O2/c18-14-7-2-1-6-13(14)17(21)19-12-15(16-8-5-11-22-16)20-9-3-4-10-20/h1-2,5-8,11,15H,3-4,9-10,12H2,(H,19,21). The molecule has 116 valence electrons. The van der Waals surface area contributed by atoms with E-state index >= 15 is 0 Å². The quantitative estimate of drug-likeness (QED) is 0.917. The van der Waals surface area contributed by atoms with Crippen molar-refractivity contribution in [3.63, 3.8) is 0 Å². The SMILES string of the molecule is O=C(NCC(c1ccco1)N1CCCC1)c1ccccc1Cl. The van der Waals surface area contributed by atoms with E-state index < -0.39 is 0 Å². The Kier molecular flexibility index (Phi) is 4.80. The molecule has 0 aliphatic carbocycles. The van der Waals surface area contributed by atoms with Gasteiger partial charge in [-0.1, -0.05) is 23.7 Å². The van der Waals surface area contributed by atoms with Crippen molar-refractivity contribution in [2.45, 2.75) is 18.9 Å². The smallest absolute Gasteiger partial charge is 0.252 e. The number of nitrogens with one attached hydrogen (secondary N) is 1. The third-order valence-corrected chi connectivity index (χ3v) is 4.36. The zero-order valence-electron chi connectivity index (χ0n) is 12.3. The molecule has 1 saturated heterocycles. The summed E-state index contributed by atoms with van der Waals surface area (Å²) >= 11 is 6.07. The number of rotatable bonds is 5. The van der Waals surface area contributed by atoms with E-state index in [-0.39, 0.29) is 11.9 Å². The van der Waals surface area contributed by atoms with Gasteiger partial charge in [0.05, 0.1) is 22.9 Å². The van der Waals surface area contributed by atoms with Crippen molar-refractivity contribution in [2.75, 3.05) is 19.6 Å². The summed E-state index contributed by atoms with van der Waals surface area (Å²) in [6, 6.07) is 11.0. The summed E-state index contributed by atoms with van der Waals surface area (Å²) < 4.78 is 5.55. The number of amides is 1. The molecular formula is C17H19ClN2O2. The topological polar surface area (TPSA) is 45.5 Å². The molecule has 1 fully saturated rings. The van der Waals surface area contributed by atoms with E-state index in [1.54, 1.807) is 18.4 Å². The average Bonchev–Trinajstić information content (AvgIpc) is 3.21. The van der Waals surface area contributed by atoms with Gasteiger partial charge in [0, 0.05) is 6.54 Å². The van der Waals surface area contributed by atoms with Crippen LogP contribution in [0.25, 0.3) is 0 Å². The van der Waals surface area contributed by atoms with Gasteiger partial charge in [-0.2, -0.15) is 0 Å². The maximum Gasteiger partial charge on any atom is 0.252 e. The van der Waals surface area contributed by atoms with Crippen LogP contribution in [0.2, 0.25) is 5.02 Å². The minimum atomic E-state index is -0.152. The number of likely N-dealkylation sites (tertiary alicyclic amines) is 1. The normalized spacial score (nSPS) is 16.6. The Balaban J connectivity index is 1.69. The first kappa shape index (κ1) is 15.1. The molecule has 1 aromatic heterocycles. The molecule has 1 unspecified atom stereocenters. The van der Waals surface area contributed by atoms with Crippen LogP contribution in [0.5, 0.6) is 0 Å². The van der Waals surface area contributed by atoms with Gasteiger partial charge in [0.25, 0.3) is 5.91 Å². The van der Waals surface area contributed by atoms with E-state index in [1.807, 2.05) is 24.3 Å². The summed E-state index contributed by atoms with van der Waals surface area (Å²) in [5.74, 6) is 0.739. The van der Waals surface area contributed by atoms with E-state index in [0.717, 1.165) is 18.8 Å². The summed E-state index contributed by atoms with van der Waals surface area (Å²) in [5, 5.41) is 3.45. The lowest BCUT2D eigenvalue weighted by Crippen LogP contribution is -2.36. The number of carbonyl (C=O) groups excluding carboxylic acids is 1. The van der Waals surface area contributed by atoms with Crippen LogP contribution >= 0.6 is 11.6 Å². The van der Waals surface area contributed by atoms with Crippen LogP contribution in [-0.2, 0) is 0 Å². The van der Waals surface area contributed by atoms with Gasteiger partial charge in [0.15, 0.2) is 0 Å². The van der Waals surface area contributed by atoms with Gasteiger partial charge in [0.2, 0.25) is 0 Å². The van der Waals surface area contributed by atoms with Crippen molar-refractivity contribution in [1.82, 2.24) is 10.2 Å². The molecule has 1 N–H and O–H groups in total. The van der Waals surface area contributed by atoms with Crippen molar-refractivity contribution < 1.29 is 9.21 Å². The second-order valence-corrected chi connectivity index (χ2v) is 5.87. The Hall–Kier alpha value is -1.78. The zero-order chi connectivity index (χ0) is 15.4. The Bertz CT molecular complexity index is 621. The maximum absolute atomic E-state index is 12.3. The molecule has 1 aliphatic rings. The number of carbonyl (C=O) groups is 1. The van der Waals surface area contributed by atoms with E-state index in [1.165, 1.54) is 12.8 Å². The molecule has 4 nitrogen and oxygen atoms in total. The van der Waals surface area contributed by atoms with Crippen LogP contribution in [0, 0.1) is 0 Å². The molecular weight excluding hydrogens is 300 g/mol. The lowest BCUT2D eigenvalue weighted by atomic mass is 10.1. The summed E-state index contributed by atoms with van der Waals surface area (Å²) in [6.45, 7) is 2.58. The fourth-order valence-corrected chi connectivity index (χ4v) is 3.10. The lowest BCUT2D eigenvalue weighted by molar-refractivity contribution is 0.0934.